The lowest BCUT2D eigenvalue weighted by molar-refractivity contribution is -0.119. The van der Waals surface area contributed by atoms with Gasteiger partial charge in [0.15, 0.2) is 0 Å². The van der Waals surface area contributed by atoms with Crippen molar-refractivity contribution >= 4 is 27.7 Å². The van der Waals surface area contributed by atoms with Crippen LogP contribution in [0.4, 0.5) is 5.82 Å². The number of hydrogen-bond acceptors (Lipinski definition) is 3. The van der Waals surface area contributed by atoms with Gasteiger partial charge in [0.25, 0.3) is 0 Å². The third-order valence-corrected chi connectivity index (χ3v) is 3.85. The lowest BCUT2D eigenvalue weighted by atomic mass is 10.0. The Morgan fingerprint density at radius 3 is 2.68 bits per heavy atom. The molecule has 0 aromatic carbocycles. The van der Waals surface area contributed by atoms with Gasteiger partial charge >= 0.3 is 0 Å². The number of rotatable bonds is 6. The molecular weight excluding hydrogens is 306 g/mol. The normalized spacial score (nSPS) is 13.9. The minimum absolute atomic E-state index is 0.0129. The van der Waals surface area contributed by atoms with Crippen molar-refractivity contribution in [3.8, 4) is 0 Å². The number of carbonyl (C=O) groups is 1. The molecule has 0 saturated heterocycles. The van der Waals surface area contributed by atoms with Crippen molar-refractivity contribution in [2.45, 2.75) is 46.1 Å². The molecule has 106 valence electrons. The quantitative estimate of drug-likeness (QED) is 0.842. The molecule has 5 heteroatoms. The molecule has 0 fully saturated rings. The van der Waals surface area contributed by atoms with Crippen LogP contribution in [0, 0.1) is 12.8 Å². The van der Waals surface area contributed by atoms with Gasteiger partial charge in [-0.15, -0.1) is 0 Å². The van der Waals surface area contributed by atoms with Crippen LogP contribution in [-0.4, -0.2) is 16.9 Å². The predicted octanol–water partition coefficient (Wildman–Crippen LogP) is 3.24. The maximum absolute atomic E-state index is 12.0. The second-order valence-electron chi connectivity index (χ2n) is 5.06. The third-order valence-electron chi connectivity index (χ3n) is 3.02. The molecule has 1 amide bonds. The Bertz CT molecular complexity index is 435. The van der Waals surface area contributed by atoms with E-state index in [0.717, 1.165) is 29.4 Å². The molecule has 0 radical (unpaired) electrons. The Hall–Kier alpha value is -0.940. The second kappa shape index (κ2) is 7.60. The Balaban J connectivity index is 2.47. The molecule has 0 spiro atoms. The summed E-state index contributed by atoms with van der Waals surface area (Å²) in [5.74, 6) is 0.591. The van der Waals surface area contributed by atoms with E-state index in [-0.39, 0.29) is 17.9 Å². The van der Waals surface area contributed by atoms with E-state index in [9.17, 15) is 4.79 Å². The maximum Gasteiger partial charge on any atom is 0.228 e. The van der Waals surface area contributed by atoms with Crippen molar-refractivity contribution in [3.63, 3.8) is 0 Å². The van der Waals surface area contributed by atoms with Gasteiger partial charge in [-0.1, -0.05) is 13.3 Å². The van der Waals surface area contributed by atoms with E-state index in [2.05, 4.69) is 26.2 Å². The summed E-state index contributed by atoms with van der Waals surface area (Å²) in [4.78, 5) is 16.3. The molecule has 1 rings (SSSR count). The number of nitrogens with one attached hydrogen (secondary N) is 1. The first-order valence-electron chi connectivity index (χ1n) is 6.59. The highest BCUT2D eigenvalue weighted by molar-refractivity contribution is 9.10. The number of pyridine rings is 1. The van der Waals surface area contributed by atoms with Crippen LogP contribution >= 0.6 is 15.9 Å². The highest BCUT2D eigenvalue weighted by Gasteiger charge is 2.13. The van der Waals surface area contributed by atoms with Gasteiger partial charge in [0.05, 0.1) is 5.69 Å². The van der Waals surface area contributed by atoms with Gasteiger partial charge in [0, 0.05) is 16.4 Å². The zero-order chi connectivity index (χ0) is 14.4. The Labute approximate surface area is 123 Å². The standard InChI is InChI=1S/C14H22BrN3O/c1-9(5-4-6-10(2)16)14(19)18-13-8-7-12(15)11(3)17-13/h7-10H,4-6,16H2,1-3H3,(H,17,18,19). The number of aromatic nitrogens is 1. The maximum atomic E-state index is 12.0. The average Bonchev–Trinajstić information content (AvgIpc) is 2.33. The molecule has 19 heavy (non-hydrogen) atoms. The molecule has 2 atom stereocenters. The smallest absolute Gasteiger partial charge is 0.228 e. The number of nitrogens with zero attached hydrogens (tertiary/aromatic N) is 1. The van der Waals surface area contributed by atoms with Crippen molar-refractivity contribution in [1.29, 1.82) is 0 Å². The number of aryl methyl sites for hydroxylation is 1. The fraction of sp³-hybridized carbons (Fsp3) is 0.571. The van der Waals surface area contributed by atoms with Gasteiger partial charge in [0.2, 0.25) is 5.91 Å². The van der Waals surface area contributed by atoms with Crippen LogP contribution in [0.3, 0.4) is 0 Å². The molecular formula is C14H22BrN3O. The Kier molecular flexibility index (Phi) is 6.45. The summed E-state index contributed by atoms with van der Waals surface area (Å²) < 4.78 is 0.940. The Morgan fingerprint density at radius 2 is 2.11 bits per heavy atom. The first-order valence-corrected chi connectivity index (χ1v) is 7.39. The zero-order valence-corrected chi connectivity index (χ0v) is 13.3. The minimum atomic E-state index is -0.0236. The highest BCUT2D eigenvalue weighted by atomic mass is 79.9. The lowest BCUT2D eigenvalue weighted by Gasteiger charge is -2.13. The van der Waals surface area contributed by atoms with Gasteiger partial charge in [-0.25, -0.2) is 4.98 Å². The molecule has 0 aliphatic rings. The van der Waals surface area contributed by atoms with Gasteiger partial charge in [-0.3, -0.25) is 4.79 Å². The first-order chi connectivity index (χ1) is 8.90. The summed E-state index contributed by atoms with van der Waals surface area (Å²) in [7, 11) is 0. The van der Waals surface area contributed by atoms with Crippen LogP contribution < -0.4 is 11.1 Å². The van der Waals surface area contributed by atoms with Crippen molar-refractivity contribution in [2.75, 3.05) is 5.32 Å². The van der Waals surface area contributed by atoms with Crippen LogP contribution in [0.1, 0.15) is 38.8 Å². The predicted molar refractivity (Wildman–Crippen MR) is 82.0 cm³/mol. The van der Waals surface area contributed by atoms with Crippen LogP contribution in [0.5, 0.6) is 0 Å². The summed E-state index contributed by atoms with van der Waals surface area (Å²) in [5, 5.41) is 2.85. The highest BCUT2D eigenvalue weighted by Crippen LogP contribution is 2.17. The molecule has 1 heterocycles. The topological polar surface area (TPSA) is 68.0 Å². The zero-order valence-electron chi connectivity index (χ0n) is 11.7. The summed E-state index contributed by atoms with van der Waals surface area (Å²) in [6.45, 7) is 5.81. The van der Waals surface area contributed by atoms with E-state index in [1.165, 1.54) is 0 Å². The molecule has 0 bridgehead atoms. The lowest BCUT2D eigenvalue weighted by Crippen LogP contribution is -2.22. The number of halogens is 1. The van der Waals surface area contributed by atoms with Gasteiger partial charge in [-0.05, 0) is 54.8 Å². The number of amides is 1. The number of hydrogen-bond donors (Lipinski definition) is 2. The van der Waals surface area contributed by atoms with Crippen molar-refractivity contribution in [3.05, 3.63) is 22.3 Å². The molecule has 0 aliphatic carbocycles. The Morgan fingerprint density at radius 1 is 1.42 bits per heavy atom. The molecule has 2 unspecified atom stereocenters. The van der Waals surface area contributed by atoms with Crippen molar-refractivity contribution in [2.24, 2.45) is 11.7 Å². The fourth-order valence-corrected chi connectivity index (χ4v) is 1.96. The van der Waals surface area contributed by atoms with Gasteiger partial charge in [0.1, 0.15) is 5.82 Å². The summed E-state index contributed by atoms with van der Waals surface area (Å²) >= 11 is 3.39. The fourth-order valence-electron chi connectivity index (χ4n) is 1.74. The molecule has 0 saturated carbocycles. The van der Waals surface area contributed by atoms with Crippen LogP contribution in [-0.2, 0) is 4.79 Å². The molecule has 3 N–H and O–H groups in total. The molecule has 1 aromatic rings. The molecule has 4 nitrogen and oxygen atoms in total. The van der Waals surface area contributed by atoms with Crippen LogP contribution in [0.2, 0.25) is 0 Å². The van der Waals surface area contributed by atoms with Crippen molar-refractivity contribution < 1.29 is 4.79 Å². The first kappa shape index (κ1) is 16.1. The third kappa shape index (κ3) is 5.70. The van der Waals surface area contributed by atoms with E-state index in [4.69, 9.17) is 5.73 Å². The van der Waals surface area contributed by atoms with E-state index < -0.39 is 0 Å². The monoisotopic (exact) mass is 327 g/mol. The average molecular weight is 328 g/mol. The number of nitrogens with two attached hydrogens (primary N) is 1. The van der Waals surface area contributed by atoms with E-state index in [1.807, 2.05) is 26.8 Å². The van der Waals surface area contributed by atoms with E-state index in [0.29, 0.717) is 5.82 Å². The molecule has 1 aromatic heterocycles. The number of carbonyl (C=O) groups excluding carboxylic acids is 1. The van der Waals surface area contributed by atoms with E-state index >= 15 is 0 Å². The summed E-state index contributed by atoms with van der Waals surface area (Å²) in [6.07, 6.45) is 2.77. The van der Waals surface area contributed by atoms with Gasteiger partial charge < -0.3 is 11.1 Å². The van der Waals surface area contributed by atoms with Crippen LogP contribution in [0.15, 0.2) is 16.6 Å². The summed E-state index contributed by atoms with van der Waals surface area (Å²) in [5.41, 5.74) is 6.56. The number of anilines is 1. The van der Waals surface area contributed by atoms with Gasteiger partial charge in [-0.2, -0.15) is 0 Å². The SMILES string of the molecule is Cc1nc(NC(=O)C(C)CCCC(C)N)ccc1Br. The van der Waals surface area contributed by atoms with Crippen molar-refractivity contribution in [1.82, 2.24) is 4.98 Å². The molecule has 0 aliphatic heterocycles. The second-order valence-corrected chi connectivity index (χ2v) is 5.92. The van der Waals surface area contributed by atoms with E-state index in [1.54, 1.807) is 6.07 Å². The minimum Gasteiger partial charge on any atom is -0.328 e. The summed E-state index contributed by atoms with van der Waals surface area (Å²) in [6, 6.07) is 3.88. The van der Waals surface area contributed by atoms with Crippen LogP contribution in [0.25, 0.3) is 0 Å². The largest absolute Gasteiger partial charge is 0.328 e.